The van der Waals surface area contributed by atoms with Crippen LogP contribution >= 0.6 is 0 Å². The molecule has 0 bridgehead atoms. The lowest BCUT2D eigenvalue weighted by molar-refractivity contribution is -0.145. The van der Waals surface area contributed by atoms with Crippen molar-refractivity contribution in [2.24, 2.45) is 5.92 Å². The fourth-order valence-corrected chi connectivity index (χ4v) is 2.41. The molecule has 2 atom stereocenters. The summed E-state index contributed by atoms with van der Waals surface area (Å²) in [5.74, 6) is -3.70. The molecule has 0 spiro atoms. The number of methoxy groups -OCH3 is 1. The lowest BCUT2D eigenvalue weighted by atomic mass is 10.1. The average Bonchev–Trinajstić information content (AvgIpc) is 2.89. The molecule has 1 aromatic rings. The number of aliphatic carboxylic acids is 1. The minimum Gasteiger partial charge on any atom is -0.480 e. The van der Waals surface area contributed by atoms with Crippen molar-refractivity contribution >= 4 is 23.5 Å². The third-order valence-electron chi connectivity index (χ3n) is 3.61. The molecule has 2 unspecified atom stereocenters. The van der Waals surface area contributed by atoms with Gasteiger partial charge in [-0.2, -0.15) is 0 Å². The van der Waals surface area contributed by atoms with Crippen LogP contribution in [0.15, 0.2) is 24.3 Å². The average molecular weight is 324 g/mol. The van der Waals surface area contributed by atoms with Crippen LogP contribution in [0.1, 0.15) is 6.42 Å². The molecule has 23 heavy (non-hydrogen) atoms. The number of hydrogen-bond donors (Lipinski definition) is 2. The van der Waals surface area contributed by atoms with Crippen LogP contribution in [0.2, 0.25) is 0 Å². The van der Waals surface area contributed by atoms with E-state index in [2.05, 4.69) is 5.32 Å². The van der Waals surface area contributed by atoms with E-state index in [0.717, 1.165) is 0 Å². The second-order valence-corrected chi connectivity index (χ2v) is 5.16. The van der Waals surface area contributed by atoms with Gasteiger partial charge in [0.05, 0.1) is 6.61 Å². The summed E-state index contributed by atoms with van der Waals surface area (Å²) in [6.07, 6.45) is 0.265. The predicted molar refractivity (Wildman–Crippen MR) is 78.3 cm³/mol. The number of anilines is 1. The summed E-state index contributed by atoms with van der Waals surface area (Å²) in [6.45, 7) is 0.119. The zero-order valence-corrected chi connectivity index (χ0v) is 12.5. The highest BCUT2D eigenvalue weighted by Gasteiger charge is 2.38. The molecule has 0 saturated carbocycles. The second-order valence-electron chi connectivity index (χ2n) is 5.16. The molecule has 124 valence electrons. The summed E-state index contributed by atoms with van der Waals surface area (Å²) in [7, 11) is 1.32. The van der Waals surface area contributed by atoms with E-state index < -0.39 is 35.6 Å². The van der Waals surface area contributed by atoms with Gasteiger partial charge >= 0.3 is 5.97 Å². The summed E-state index contributed by atoms with van der Waals surface area (Å²) in [5, 5.41) is 11.3. The number of benzene rings is 1. The maximum Gasteiger partial charge on any atom is 0.328 e. The van der Waals surface area contributed by atoms with Crippen molar-refractivity contribution in [2.75, 3.05) is 25.2 Å². The van der Waals surface area contributed by atoms with Crippen molar-refractivity contribution in [3.63, 3.8) is 0 Å². The van der Waals surface area contributed by atoms with Gasteiger partial charge in [0.1, 0.15) is 11.7 Å². The predicted octanol–water partition coefficient (Wildman–Crippen LogP) is 0.394. The first-order valence-corrected chi connectivity index (χ1v) is 7.03. The number of hydrogen-bond acceptors (Lipinski definition) is 4. The van der Waals surface area contributed by atoms with Crippen LogP contribution in [0.5, 0.6) is 0 Å². The van der Waals surface area contributed by atoms with Crippen LogP contribution in [0.4, 0.5) is 10.1 Å². The van der Waals surface area contributed by atoms with Gasteiger partial charge < -0.3 is 20.1 Å². The zero-order valence-electron chi connectivity index (χ0n) is 12.5. The summed E-state index contributed by atoms with van der Waals surface area (Å²) in [4.78, 5) is 36.9. The zero-order chi connectivity index (χ0) is 17.0. The fourth-order valence-electron chi connectivity index (χ4n) is 2.41. The molecular formula is C15H17FN2O5. The lowest BCUT2D eigenvalue weighted by Gasteiger charge is -2.18. The largest absolute Gasteiger partial charge is 0.480 e. The van der Waals surface area contributed by atoms with Crippen molar-refractivity contribution in [2.45, 2.75) is 12.5 Å². The van der Waals surface area contributed by atoms with E-state index in [4.69, 9.17) is 9.84 Å². The number of rotatable bonds is 6. The minimum absolute atomic E-state index is 0.191. The molecule has 1 aliphatic rings. The highest BCUT2D eigenvalue weighted by Crippen LogP contribution is 2.25. The van der Waals surface area contributed by atoms with Crippen LogP contribution in [-0.2, 0) is 19.1 Å². The molecule has 1 aromatic carbocycles. The number of amides is 2. The van der Waals surface area contributed by atoms with Gasteiger partial charge in [-0.3, -0.25) is 9.59 Å². The maximum atomic E-state index is 12.9. The molecule has 2 N–H and O–H groups in total. The molecule has 0 aliphatic carbocycles. The molecule has 1 fully saturated rings. The highest BCUT2D eigenvalue weighted by atomic mass is 19.1. The summed E-state index contributed by atoms with van der Waals surface area (Å²) in [6, 6.07) is 4.17. The summed E-state index contributed by atoms with van der Waals surface area (Å²) < 4.78 is 17.7. The SMILES string of the molecule is COCC(NC(=O)C1CCN(c2ccc(F)cc2)C1=O)C(=O)O. The van der Waals surface area contributed by atoms with Crippen LogP contribution < -0.4 is 10.2 Å². The topological polar surface area (TPSA) is 95.9 Å². The molecule has 0 radical (unpaired) electrons. The lowest BCUT2D eigenvalue weighted by Crippen LogP contribution is -2.47. The van der Waals surface area contributed by atoms with E-state index in [1.165, 1.54) is 36.3 Å². The standard InChI is InChI=1S/C15H17FN2O5/c1-23-8-12(15(21)22)17-13(19)11-6-7-18(14(11)20)10-4-2-9(16)3-5-10/h2-5,11-12H,6-8H2,1H3,(H,17,19)(H,21,22). The Bertz CT molecular complexity index is 604. The molecular weight excluding hydrogens is 307 g/mol. The van der Waals surface area contributed by atoms with E-state index in [1.807, 2.05) is 0 Å². The molecule has 2 rings (SSSR count). The van der Waals surface area contributed by atoms with Crippen molar-refractivity contribution in [1.29, 1.82) is 0 Å². The normalized spacial score (nSPS) is 18.8. The Morgan fingerprint density at radius 3 is 2.65 bits per heavy atom. The first-order valence-electron chi connectivity index (χ1n) is 7.03. The Morgan fingerprint density at radius 1 is 1.43 bits per heavy atom. The van der Waals surface area contributed by atoms with E-state index in [9.17, 15) is 18.8 Å². The van der Waals surface area contributed by atoms with Gasteiger partial charge in [-0.25, -0.2) is 9.18 Å². The minimum atomic E-state index is -1.24. The van der Waals surface area contributed by atoms with Gasteiger partial charge in [0.25, 0.3) is 0 Å². The van der Waals surface area contributed by atoms with E-state index in [-0.39, 0.29) is 13.0 Å². The number of carboxylic acid groups (broad SMARTS) is 1. The molecule has 1 aliphatic heterocycles. The Balaban J connectivity index is 2.04. The van der Waals surface area contributed by atoms with Gasteiger partial charge in [0.2, 0.25) is 11.8 Å². The van der Waals surface area contributed by atoms with Gasteiger partial charge in [0, 0.05) is 19.3 Å². The molecule has 0 aromatic heterocycles. The summed E-state index contributed by atoms with van der Waals surface area (Å²) >= 11 is 0. The van der Waals surface area contributed by atoms with Crippen LogP contribution in [-0.4, -0.2) is 49.2 Å². The number of halogens is 1. The van der Waals surface area contributed by atoms with E-state index in [1.54, 1.807) is 0 Å². The number of carbonyl (C=O) groups is 3. The Kier molecular flexibility index (Phi) is 5.28. The molecule has 1 saturated heterocycles. The third kappa shape index (κ3) is 3.84. The molecule has 8 heteroatoms. The number of nitrogens with zero attached hydrogens (tertiary/aromatic N) is 1. The van der Waals surface area contributed by atoms with Gasteiger partial charge in [-0.15, -0.1) is 0 Å². The first-order chi connectivity index (χ1) is 10.9. The maximum absolute atomic E-state index is 12.9. The van der Waals surface area contributed by atoms with Gasteiger partial charge in [-0.05, 0) is 30.7 Å². The van der Waals surface area contributed by atoms with Crippen molar-refractivity contribution in [1.82, 2.24) is 5.32 Å². The van der Waals surface area contributed by atoms with Crippen molar-refractivity contribution in [3.8, 4) is 0 Å². The summed E-state index contributed by atoms with van der Waals surface area (Å²) in [5.41, 5.74) is 0.498. The molecule has 2 amide bonds. The van der Waals surface area contributed by atoms with Crippen molar-refractivity contribution in [3.05, 3.63) is 30.1 Å². The van der Waals surface area contributed by atoms with Crippen LogP contribution in [0.3, 0.4) is 0 Å². The van der Waals surface area contributed by atoms with Crippen molar-refractivity contribution < 1.29 is 28.6 Å². The molecule has 1 heterocycles. The second kappa shape index (κ2) is 7.19. The van der Waals surface area contributed by atoms with Crippen LogP contribution in [0.25, 0.3) is 0 Å². The monoisotopic (exact) mass is 324 g/mol. The number of ether oxygens (including phenoxy) is 1. The smallest absolute Gasteiger partial charge is 0.328 e. The molecule has 7 nitrogen and oxygen atoms in total. The fraction of sp³-hybridized carbons (Fsp3) is 0.400. The Labute approximate surface area is 132 Å². The highest BCUT2D eigenvalue weighted by molar-refractivity contribution is 6.10. The number of carbonyl (C=O) groups excluding carboxylic acids is 2. The van der Waals surface area contributed by atoms with Crippen LogP contribution in [0, 0.1) is 11.7 Å². The Hall–Kier alpha value is -2.48. The Morgan fingerprint density at radius 2 is 2.09 bits per heavy atom. The third-order valence-corrected chi connectivity index (χ3v) is 3.61. The van der Waals surface area contributed by atoms with Gasteiger partial charge in [-0.1, -0.05) is 0 Å². The van der Waals surface area contributed by atoms with E-state index in [0.29, 0.717) is 12.2 Å². The number of nitrogens with one attached hydrogen (secondary N) is 1. The first kappa shape index (κ1) is 16.9. The quantitative estimate of drug-likeness (QED) is 0.738. The van der Waals surface area contributed by atoms with Gasteiger partial charge in [0.15, 0.2) is 6.04 Å². The number of carboxylic acids is 1. The van der Waals surface area contributed by atoms with E-state index >= 15 is 0 Å².